The summed E-state index contributed by atoms with van der Waals surface area (Å²) in [6, 6.07) is 5.93. The van der Waals surface area contributed by atoms with E-state index in [4.69, 9.17) is 5.26 Å². The number of benzene rings is 1. The third-order valence-electron chi connectivity index (χ3n) is 2.63. The third kappa shape index (κ3) is 3.04. The summed E-state index contributed by atoms with van der Waals surface area (Å²) in [5.41, 5.74) is -0.625. The number of hydrogen-bond donors (Lipinski definition) is 1. The number of carbonyl (C=O) groups is 1. The Hall–Kier alpha value is -1.41. The lowest BCUT2D eigenvalue weighted by molar-refractivity contribution is -0.122. The van der Waals surface area contributed by atoms with Crippen LogP contribution in [0, 0.1) is 22.6 Å². The summed E-state index contributed by atoms with van der Waals surface area (Å²) in [5.74, 6) is -0.789. The van der Waals surface area contributed by atoms with Crippen molar-refractivity contribution >= 4 is 27.5 Å². The zero-order valence-electron chi connectivity index (χ0n) is 9.55. The van der Waals surface area contributed by atoms with Crippen molar-refractivity contribution in [2.75, 3.05) is 5.32 Å². The first-order chi connectivity index (χ1) is 7.92. The highest BCUT2D eigenvalue weighted by Crippen LogP contribution is 2.27. The first-order valence-electron chi connectivity index (χ1n) is 5.10. The largest absolute Gasteiger partial charge is 0.324 e. The second-order valence-electron chi connectivity index (χ2n) is 3.88. The fourth-order valence-electron chi connectivity index (χ4n) is 1.14. The highest BCUT2D eigenvalue weighted by Gasteiger charge is 2.31. The number of amides is 1. The van der Waals surface area contributed by atoms with Crippen LogP contribution in [-0.4, -0.2) is 5.91 Å². The van der Waals surface area contributed by atoms with E-state index in [0.717, 1.165) is 0 Å². The van der Waals surface area contributed by atoms with Gasteiger partial charge < -0.3 is 5.32 Å². The van der Waals surface area contributed by atoms with E-state index in [2.05, 4.69) is 21.2 Å². The summed E-state index contributed by atoms with van der Waals surface area (Å²) in [6.45, 7) is 3.34. The summed E-state index contributed by atoms with van der Waals surface area (Å²) in [4.78, 5) is 11.9. The van der Waals surface area contributed by atoms with Crippen molar-refractivity contribution in [2.45, 2.75) is 20.3 Å². The Kier molecular flexibility index (Phi) is 4.24. The van der Waals surface area contributed by atoms with Gasteiger partial charge in [0.25, 0.3) is 0 Å². The lowest BCUT2D eigenvalue weighted by atomic mass is 9.88. The number of nitrogens with one attached hydrogen (secondary N) is 1. The van der Waals surface area contributed by atoms with Gasteiger partial charge in [-0.25, -0.2) is 4.39 Å². The fourth-order valence-corrected chi connectivity index (χ4v) is 1.59. The van der Waals surface area contributed by atoms with Crippen LogP contribution in [0.1, 0.15) is 20.3 Å². The maximum absolute atomic E-state index is 12.9. The SMILES string of the molecule is CCC(C)(C#N)C(=O)Nc1ccc(F)cc1Br. The lowest BCUT2D eigenvalue weighted by Crippen LogP contribution is -2.31. The van der Waals surface area contributed by atoms with Crippen LogP contribution < -0.4 is 5.32 Å². The molecule has 0 aliphatic heterocycles. The van der Waals surface area contributed by atoms with Crippen LogP contribution >= 0.6 is 15.9 Å². The average Bonchev–Trinajstić information content (AvgIpc) is 2.31. The molecule has 0 saturated heterocycles. The summed E-state index contributed by atoms with van der Waals surface area (Å²) in [5, 5.41) is 11.6. The molecule has 0 aliphatic rings. The molecule has 0 bridgehead atoms. The standard InChI is InChI=1S/C12H12BrFN2O/c1-3-12(2,7-15)11(17)16-10-5-4-8(14)6-9(10)13/h4-6H,3H2,1-2H3,(H,16,17). The molecule has 0 fully saturated rings. The third-order valence-corrected chi connectivity index (χ3v) is 3.29. The number of nitriles is 1. The monoisotopic (exact) mass is 298 g/mol. The zero-order chi connectivity index (χ0) is 13.1. The molecule has 90 valence electrons. The van der Waals surface area contributed by atoms with E-state index >= 15 is 0 Å². The Morgan fingerprint density at radius 1 is 1.65 bits per heavy atom. The van der Waals surface area contributed by atoms with Crippen LogP contribution in [0.4, 0.5) is 10.1 Å². The second kappa shape index (κ2) is 5.28. The molecule has 17 heavy (non-hydrogen) atoms. The predicted molar refractivity (Wildman–Crippen MR) is 66.7 cm³/mol. The Labute approximate surface area is 108 Å². The van der Waals surface area contributed by atoms with E-state index in [1.165, 1.54) is 18.2 Å². The maximum atomic E-state index is 12.9. The molecular formula is C12H12BrFN2O. The van der Waals surface area contributed by atoms with E-state index in [1.807, 2.05) is 6.07 Å². The topological polar surface area (TPSA) is 52.9 Å². The minimum absolute atomic E-state index is 0.394. The van der Waals surface area contributed by atoms with E-state index in [1.54, 1.807) is 13.8 Å². The molecule has 0 spiro atoms. The highest BCUT2D eigenvalue weighted by molar-refractivity contribution is 9.10. The van der Waals surface area contributed by atoms with Crippen molar-refractivity contribution < 1.29 is 9.18 Å². The van der Waals surface area contributed by atoms with E-state index in [0.29, 0.717) is 16.6 Å². The van der Waals surface area contributed by atoms with Crippen molar-refractivity contribution in [3.63, 3.8) is 0 Å². The molecule has 1 amide bonds. The van der Waals surface area contributed by atoms with Crippen molar-refractivity contribution in [1.29, 1.82) is 5.26 Å². The van der Waals surface area contributed by atoms with Gasteiger partial charge in [-0.15, -0.1) is 0 Å². The van der Waals surface area contributed by atoms with Crippen LogP contribution in [0.2, 0.25) is 0 Å². The van der Waals surface area contributed by atoms with Gasteiger partial charge in [-0.05, 0) is 47.5 Å². The van der Waals surface area contributed by atoms with Crippen molar-refractivity contribution in [2.24, 2.45) is 5.41 Å². The Bertz CT molecular complexity index is 484. The number of rotatable bonds is 3. The summed E-state index contributed by atoms with van der Waals surface area (Å²) >= 11 is 3.15. The number of hydrogen-bond acceptors (Lipinski definition) is 2. The Balaban J connectivity index is 2.93. The molecule has 1 N–H and O–H groups in total. The van der Waals surface area contributed by atoms with E-state index < -0.39 is 17.1 Å². The number of carbonyl (C=O) groups excluding carboxylic acids is 1. The van der Waals surface area contributed by atoms with Crippen LogP contribution in [0.5, 0.6) is 0 Å². The Morgan fingerprint density at radius 2 is 2.29 bits per heavy atom. The molecule has 0 saturated carbocycles. The number of halogens is 2. The lowest BCUT2D eigenvalue weighted by Gasteiger charge is -2.19. The number of nitrogens with zero attached hydrogens (tertiary/aromatic N) is 1. The van der Waals surface area contributed by atoms with Crippen molar-refractivity contribution in [1.82, 2.24) is 0 Å². The minimum atomic E-state index is -1.08. The molecular weight excluding hydrogens is 287 g/mol. The highest BCUT2D eigenvalue weighted by atomic mass is 79.9. The van der Waals surface area contributed by atoms with Crippen LogP contribution in [0.3, 0.4) is 0 Å². The smallest absolute Gasteiger partial charge is 0.244 e. The molecule has 1 unspecified atom stereocenters. The maximum Gasteiger partial charge on any atom is 0.244 e. The molecule has 1 atom stereocenters. The van der Waals surface area contributed by atoms with Crippen molar-refractivity contribution in [3.8, 4) is 6.07 Å². The number of anilines is 1. The molecule has 5 heteroatoms. The van der Waals surface area contributed by atoms with E-state index in [-0.39, 0.29) is 0 Å². The summed E-state index contributed by atoms with van der Waals surface area (Å²) in [7, 11) is 0. The van der Waals surface area contributed by atoms with Gasteiger partial charge in [-0.2, -0.15) is 5.26 Å². The van der Waals surface area contributed by atoms with Gasteiger partial charge in [0.05, 0.1) is 11.8 Å². The van der Waals surface area contributed by atoms with Gasteiger partial charge in [0.1, 0.15) is 11.2 Å². The average molecular weight is 299 g/mol. The second-order valence-corrected chi connectivity index (χ2v) is 4.73. The molecule has 3 nitrogen and oxygen atoms in total. The van der Waals surface area contributed by atoms with Crippen LogP contribution in [0.25, 0.3) is 0 Å². The minimum Gasteiger partial charge on any atom is -0.324 e. The quantitative estimate of drug-likeness (QED) is 0.929. The predicted octanol–water partition coefficient (Wildman–Crippen LogP) is 3.47. The van der Waals surface area contributed by atoms with Crippen molar-refractivity contribution in [3.05, 3.63) is 28.5 Å². The van der Waals surface area contributed by atoms with E-state index in [9.17, 15) is 9.18 Å². The molecule has 1 rings (SSSR count). The first-order valence-corrected chi connectivity index (χ1v) is 5.90. The van der Waals surface area contributed by atoms with Crippen LogP contribution in [0.15, 0.2) is 22.7 Å². The normalized spacial score (nSPS) is 13.6. The summed E-state index contributed by atoms with van der Waals surface area (Å²) in [6.07, 6.45) is 0.411. The molecule has 0 heterocycles. The molecule has 1 aromatic carbocycles. The molecule has 0 aliphatic carbocycles. The van der Waals surface area contributed by atoms with Crippen LogP contribution in [-0.2, 0) is 4.79 Å². The Morgan fingerprint density at radius 3 is 2.76 bits per heavy atom. The fraction of sp³-hybridized carbons (Fsp3) is 0.333. The van der Waals surface area contributed by atoms with Gasteiger partial charge in [0.2, 0.25) is 5.91 Å². The van der Waals surface area contributed by atoms with Gasteiger partial charge in [0, 0.05) is 4.47 Å². The van der Waals surface area contributed by atoms with Gasteiger partial charge >= 0.3 is 0 Å². The van der Waals surface area contributed by atoms with Gasteiger partial charge in [-0.3, -0.25) is 4.79 Å². The van der Waals surface area contributed by atoms with Gasteiger partial charge in [0.15, 0.2) is 0 Å². The molecule has 0 radical (unpaired) electrons. The first kappa shape index (κ1) is 13.7. The van der Waals surface area contributed by atoms with Gasteiger partial charge in [-0.1, -0.05) is 6.92 Å². The zero-order valence-corrected chi connectivity index (χ0v) is 11.1. The molecule has 0 aromatic heterocycles. The molecule has 1 aromatic rings. The summed E-state index contributed by atoms with van der Waals surface area (Å²) < 4.78 is 13.3.